The number of halogens is 1. The molecule has 0 aliphatic carbocycles. The molecule has 0 bridgehead atoms. The van der Waals surface area contributed by atoms with Gasteiger partial charge in [0.15, 0.2) is 0 Å². The van der Waals surface area contributed by atoms with Crippen LogP contribution in [0.1, 0.15) is 24.9 Å². The maximum absolute atomic E-state index is 13.8. The first kappa shape index (κ1) is 14.5. The van der Waals surface area contributed by atoms with Crippen molar-refractivity contribution in [3.05, 3.63) is 29.6 Å². The van der Waals surface area contributed by atoms with E-state index in [1.807, 2.05) is 26.1 Å². The van der Waals surface area contributed by atoms with Gasteiger partial charge in [0, 0.05) is 30.4 Å². The Hall–Kier alpha value is -0.580. The predicted octanol–water partition coefficient (Wildman–Crippen LogP) is 3.23. The quantitative estimate of drug-likeness (QED) is 0.598. The van der Waals surface area contributed by atoms with E-state index in [-0.39, 0.29) is 11.9 Å². The van der Waals surface area contributed by atoms with Crippen molar-refractivity contribution in [3.8, 4) is 0 Å². The zero-order chi connectivity index (χ0) is 12.7. The molecule has 17 heavy (non-hydrogen) atoms. The highest BCUT2D eigenvalue weighted by Gasteiger charge is 2.07. The van der Waals surface area contributed by atoms with E-state index in [2.05, 4.69) is 5.32 Å². The number of rotatable bonds is 7. The molecule has 96 valence electrons. The molecule has 1 aromatic carbocycles. The van der Waals surface area contributed by atoms with Crippen molar-refractivity contribution in [2.24, 2.45) is 0 Å². The van der Waals surface area contributed by atoms with Crippen molar-refractivity contribution in [1.29, 1.82) is 0 Å². The standard InChI is InChI=1S/C13H20FNOS/c1-10(15-2)11-5-6-13(12(14)9-11)17-8-4-7-16-3/h5-6,9-10,15H,4,7-8H2,1-3H3. The Morgan fingerprint density at radius 3 is 2.82 bits per heavy atom. The third-order valence-electron chi connectivity index (χ3n) is 2.64. The van der Waals surface area contributed by atoms with Gasteiger partial charge in [-0.05, 0) is 38.1 Å². The third-order valence-corrected chi connectivity index (χ3v) is 3.77. The van der Waals surface area contributed by atoms with Crippen LogP contribution in [0, 0.1) is 5.82 Å². The lowest BCUT2D eigenvalue weighted by molar-refractivity contribution is 0.200. The van der Waals surface area contributed by atoms with E-state index in [0.29, 0.717) is 4.90 Å². The molecule has 0 spiro atoms. The minimum absolute atomic E-state index is 0.132. The molecule has 0 amide bonds. The molecule has 0 aliphatic rings. The lowest BCUT2D eigenvalue weighted by Crippen LogP contribution is -2.12. The van der Waals surface area contributed by atoms with Crippen LogP contribution >= 0.6 is 11.8 Å². The van der Waals surface area contributed by atoms with Crippen molar-refractivity contribution < 1.29 is 9.13 Å². The molecule has 0 aromatic heterocycles. The van der Waals surface area contributed by atoms with Gasteiger partial charge >= 0.3 is 0 Å². The fraction of sp³-hybridized carbons (Fsp3) is 0.538. The van der Waals surface area contributed by atoms with E-state index >= 15 is 0 Å². The zero-order valence-corrected chi connectivity index (χ0v) is 11.4. The van der Waals surface area contributed by atoms with Gasteiger partial charge in [-0.25, -0.2) is 4.39 Å². The fourth-order valence-corrected chi connectivity index (χ4v) is 2.30. The lowest BCUT2D eigenvalue weighted by atomic mass is 10.1. The molecular formula is C13H20FNOS. The molecule has 1 N–H and O–H groups in total. The lowest BCUT2D eigenvalue weighted by Gasteiger charge is -2.12. The summed E-state index contributed by atoms with van der Waals surface area (Å²) in [5, 5.41) is 3.10. The van der Waals surface area contributed by atoms with E-state index in [1.165, 1.54) is 11.8 Å². The van der Waals surface area contributed by atoms with Gasteiger partial charge in [-0.1, -0.05) is 6.07 Å². The van der Waals surface area contributed by atoms with Crippen LogP contribution in [0.4, 0.5) is 4.39 Å². The molecule has 0 fully saturated rings. The Kier molecular flexibility index (Phi) is 6.55. The van der Waals surface area contributed by atoms with Crippen molar-refractivity contribution in [2.45, 2.75) is 24.3 Å². The molecule has 0 heterocycles. The summed E-state index contributed by atoms with van der Waals surface area (Å²) in [7, 11) is 3.55. The second kappa shape index (κ2) is 7.69. The SMILES string of the molecule is CNC(C)c1ccc(SCCCOC)c(F)c1. The van der Waals surface area contributed by atoms with Crippen LogP contribution in [0.2, 0.25) is 0 Å². The van der Waals surface area contributed by atoms with Gasteiger partial charge in [0.05, 0.1) is 0 Å². The average Bonchev–Trinajstić information content (AvgIpc) is 2.35. The van der Waals surface area contributed by atoms with Crippen LogP contribution in [0.25, 0.3) is 0 Å². The highest BCUT2D eigenvalue weighted by molar-refractivity contribution is 7.99. The van der Waals surface area contributed by atoms with Crippen LogP contribution in [0.3, 0.4) is 0 Å². The molecule has 1 aromatic rings. The van der Waals surface area contributed by atoms with Gasteiger partial charge in [0.1, 0.15) is 5.82 Å². The molecule has 0 saturated carbocycles. The first-order valence-corrected chi connectivity index (χ1v) is 6.76. The number of ether oxygens (including phenoxy) is 1. The Labute approximate surface area is 107 Å². The second-order valence-electron chi connectivity index (χ2n) is 3.90. The largest absolute Gasteiger partial charge is 0.385 e. The molecule has 0 aliphatic heterocycles. The van der Waals surface area contributed by atoms with Crippen LogP contribution in [-0.2, 0) is 4.74 Å². The molecule has 0 saturated heterocycles. The summed E-state index contributed by atoms with van der Waals surface area (Å²) in [6.45, 7) is 2.74. The highest BCUT2D eigenvalue weighted by Crippen LogP contribution is 2.25. The highest BCUT2D eigenvalue weighted by atomic mass is 32.2. The second-order valence-corrected chi connectivity index (χ2v) is 5.03. The number of hydrogen-bond donors (Lipinski definition) is 1. The van der Waals surface area contributed by atoms with E-state index < -0.39 is 0 Å². The van der Waals surface area contributed by atoms with Gasteiger partial charge in [-0.3, -0.25) is 0 Å². The number of thioether (sulfide) groups is 1. The van der Waals surface area contributed by atoms with Gasteiger partial charge < -0.3 is 10.1 Å². The van der Waals surface area contributed by atoms with Gasteiger partial charge in [0.25, 0.3) is 0 Å². The first-order chi connectivity index (χ1) is 8.19. The monoisotopic (exact) mass is 257 g/mol. The molecule has 4 heteroatoms. The average molecular weight is 257 g/mol. The molecular weight excluding hydrogens is 237 g/mol. The van der Waals surface area contributed by atoms with Crippen LogP contribution < -0.4 is 5.32 Å². The number of hydrogen-bond acceptors (Lipinski definition) is 3. The van der Waals surface area contributed by atoms with Crippen LogP contribution in [0.5, 0.6) is 0 Å². The fourth-order valence-electron chi connectivity index (χ4n) is 1.46. The summed E-state index contributed by atoms with van der Waals surface area (Å²) >= 11 is 1.54. The molecule has 2 nitrogen and oxygen atoms in total. The van der Waals surface area contributed by atoms with E-state index in [4.69, 9.17) is 4.74 Å². The van der Waals surface area contributed by atoms with Gasteiger partial charge in [-0.2, -0.15) is 0 Å². The summed E-state index contributed by atoms with van der Waals surface area (Å²) in [4.78, 5) is 0.716. The Balaban J connectivity index is 2.57. The van der Waals surface area contributed by atoms with Gasteiger partial charge in [0.2, 0.25) is 0 Å². The smallest absolute Gasteiger partial charge is 0.137 e. The number of methoxy groups -OCH3 is 1. The number of benzene rings is 1. The Morgan fingerprint density at radius 1 is 1.47 bits per heavy atom. The summed E-state index contributed by atoms with van der Waals surface area (Å²) in [6, 6.07) is 5.62. The van der Waals surface area contributed by atoms with Gasteiger partial charge in [-0.15, -0.1) is 11.8 Å². The van der Waals surface area contributed by atoms with Crippen LogP contribution in [0.15, 0.2) is 23.1 Å². The third kappa shape index (κ3) is 4.66. The molecule has 1 atom stereocenters. The van der Waals surface area contributed by atoms with Crippen LogP contribution in [-0.4, -0.2) is 26.5 Å². The van der Waals surface area contributed by atoms with Crippen molar-refractivity contribution in [2.75, 3.05) is 26.5 Å². The minimum atomic E-state index is -0.132. The maximum atomic E-state index is 13.8. The Bertz CT molecular complexity index is 346. The summed E-state index contributed by atoms with van der Waals surface area (Å²) in [5.41, 5.74) is 0.978. The molecule has 0 radical (unpaired) electrons. The zero-order valence-electron chi connectivity index (χ0n) is 10.6. The number of nitrogens with one attached hydrogen (secondary N) is 1. The van der Waals surface area contributed by atoms with E-state index in [1.54, 1.807) is 13.2 Å². The molecule has 1 unspecified atom stereocenters. The topological polar surface area (TPSA) is 21.3 Å². The summed E-state index contributed by atoms with van der Waals surface area (Å²) in [5.74, 6) is 0.748. The predicted molar refractivity (Wildman–Crippen MR) is 71.1 cm³/mol. The van der Waals surface area contributed by atoms with E-state index in [0.717, 1.165) is 24.3 Å². The van der Waals surface area contributed by atoms with E-state index in [9.17, 15) is 4.39 Å². The summed E-state index contributed by atoms with van der Waals surface area (Å²) < 4.78 is 18.7. The van der Waals surface area contributed by atoms with Crippen molar-refractivity contribution in [3.63, 3.8) is 0 Å². The van der Waals surface area contributed by atoms with Crippen molar-refractivity contribution in [1.82, 2.24) is 5.32 Å². The molecule has 1 rings (SSSR count). The first-order valence-electron chi connectivity index (χ1n) is 5.77. The maximum Gasteiger partial charge on any atom is 0.137 e. The van der Waals surface area contributed by atoms with Crippen molar-refractivity contribution >= 4 is 11.8 Å². The summed E-state index contributed by atoms with van der Waals surface area (Å²) in [6.07, 6.45) is 0.940. The minimum Gasteiger partial charge on any atom is -0.385 e. The normalized spacial score (nSPS) is 12.7. The Morgan fingerprint density at radius 2 is 2.24 bits per heavy atom.